The maximum Gasteiger partial charge on any atom is 0.280 e. The summed E-state index contributed by atoms with van der Waals surface area (Å²) in [5.74, 6) is -0.108. The lowest BCUT2D eigenvalue weighted by Gasteiger charge is -2.16. The number of furan rings is 1. The molecule has 0 aliphatic heterocycles. The average Bonchev–Trinajstić information content (AvgIpc) is 3.29. The molecule has 0 bridgehead atoms. The topological polar surface area (TPSA) is 97.7 Å². The quantitative estimate of drug-likeness (QED) is 0.252. The fourth-order valence-electron chi connectivity index (χ4n) is 3.42. The summed E-state index contributed by atoms with van der Waals surface area (Å²) in [4.78, 5) is 23.7. The minimum Gasteiger partial charge on any atom is -0.455 e. The normalized spacial score (nSPS) is 11.0. The highest BCUT2D eigenvalue weighted by atomic mass is 16.6. The summed E-state index contributed by atoms with van der Waals surface area (Å²) < 4.78 is 5.67. The molecule has 1 aromatic heterocycles. The molecular formula is C25H19N3O4. The number of carbonyl (C=O) groups is 1. The van der Waals surface area contributed by atoms with E-state index in [0.29, 0.717) is 17.1 Å². The van der Waals surface area contributed by atoms with E-state index in [-0.39, 0.29) is 11.6 Å². The summed E-state index contributed by atoms with van der Waals surface area (Å²) in [7, 11) is 0. The van der Waals surface area contributed by atoms with E-state index in [1.54, 1.807) is 30.3 Å². The predicted octanol–water partition coefficient (Wildman–Crippen LogP) is 5.14. The minimum atomic E-state index is -0.520. The van der Waals surface area contributed by atoms with Crippen LogP contribution in [0, 0.1) is 10.1 Å². The smallest absolute Gasteiger partial charge is 0.280 e. The lowest BCUT2D eigenvalue weighted by Crippen LogP contribution is -2.26. The Bertz CT molecular complexity index is 1210. The number of nitro benzene ring substituents is 1. The molecule has 0 spiro atoms. The van der Waals surface area contributed by atoms with Gasteiger partial charge in [0.05, 0.1) is 22.6 Å². The van der Waals surface area contributed by atoms with Crippen LogP contribution in [0.3, 0.4) is 0 Å². The van der Waals surface area contributed by atoms with E-state index in [1.165, 1.54) is 12.3 Å². The van der Waals surface area contributed by atoms with Crippen molar-refractivity contribution in [1.82, 2.24) is 5.43 Å². The van der Waals surface area contributed by atoms with Crippen molar-refractivity contribution >= 4 is 17.8 Å². The molecule has 1 N–H and O–H groups in total. The Hall–Kier alpha value is -4.52. The number of hydrogen-bond donors (Lipinski definition) is 1. The third-order valence-corrected chi connectivity index (χ3v) is 4.89. The molecule has 7 heteroatoms. The van der Waals surface area contributed by atoms with Gasteiger partial charge in [0, 0.05) is 6.07 Å². The van der Waals surface area contributed by atoms with E-state index in [0.717, 1.165) is 11.1 Å². The third-order valence-electron chi connectivity index (χ3n) is 4.89. The Morgan fingerprint density at radius 2 is 1.47 bits per heavy atom. The van der Waals surface area contributed by atoms with E-state index in [1.807, 2.05) is 60.7 Å². The number of nitro groups is 1. The Balaban J connectivity index is 1.51. The highest BCUT2D eigenvalue weighted by Crippen LogP contribution is 2.30. The monoisotopic (exact) mass is 425 g/mol. The van der Waals surface area contributed by atoms with Gasteiger partial charge in [-0.2, -0.15) is 5.10 Å². The molecule has 7 nitrogen and oxygen atoms in total. The van der Waals surface area contributed by atoms with Crippen molar-refractivity contribution in [3.63, 3.8) is 0 Å². The van der Waals surface area contributed by atoms with Crippen molar-refractivity contribution in [3.8, 4) is 11.3 Å². The van der Waals surface area contributed by atoms with Crippen LogP contribution in [0.5, 0.6) is 0 Å². The molecule has 0 unspecified atom stereocenters. The number of carbonyl (C=O) groups excluding carboxylic acids is 1. The zero-order chi connectivity index (χ0) is 22.3. The van der Waals surface area contributed by atoms with Gasteiger partial charge in [0.2, 0.25) is 0 Å². The van der Waals surface area contributed by atoms with Crippen LogP contribution in [-0.2, 0) is 4.79 Å². The molecule has 3 aromatic carbocycles. The Kier molecular flexibility index (Phi) is 6.17. The fourth-order valence-corrected chi connectivity index (χ4v) is 3.42. The average molecular weight is 425 g/mol. The van der Waals surface area contributed by atoms with Gasteiger partial charge in [-0.1, -0.05) is 72.8 Å². The number of hydrazone groups is 1. The lowest BCUT2D eigenvalue weighted by atomic mass is 9.91. The summed E-state index contributed by atoms with van der Waals surface area (Å²) in [6, 6.07) is 28.5. The highest BCUT2D eigenvalue weighted by molar-refractivity contribution is 5.88. The number of para-hydroxylation sites is 1. The fraction of sp³-hybridized carbons (Fsp3) is 0.0400. The summed E-state index contributed by atoms with van der Waals surface area (Å²) in [5.41, 5.74) is 4.59. The van der Waals surface area contributed by atoms with Crippen LogP contribution in [0.25, 0.3) is 11.3 Å². The first-order valence-corrected chi connectivity index (χ1v) is 9.90. The van der Waals surface area contributed by atoms with Crippen LogP contribution in [-0.4, -0.2) is 17.0 Å². The number of nitrogens with zero attached hydrogens (tertiary/aromatic N) is 2. The molecule has 4 rings (SSSR count). The van der Waals surface area contributed by atoms with Crippen LogP contribution in [0.1, 0.15) is 22.8 Å². The van der Waals surface area contributed by atoms with Crippen molar-refractivity contribution < 1.29 is 14.1 Å². The van der Waals surface area contributed by atoms with Crippen molar-refractivity contribution in [2.75, 3.05) is 0 Å². The Labute approximate surface area is 184 Å². The zero-order valence-corrected chi connectivity index (χ0v) is 16.9. The van der Waals surface area contributed by atoms with E-state index < -0.39 is 10.8 Å². The van der Waals surface area contributed by atoms with Gasteiger partial charge in [-0.05, 0) is 29.3 Å². The van der Waals surface area contributed by atoms with Crippen LogP contribution in [0.2, 0.25) is 0 Å². The molecule has 1 amide bonds. The molecule has 158 valence electrons. The van der Waals surface area contributed by atoms with Crippen molar-refractivity contribution in [2.45, 2.75) is 5.92 Å². The van der Waals surface area contributed by atoms with Gasteiger partial charge in [-0.3, -0.25) is 14.9 Å². The van der Waals surface area contributed by atoms with Gasteiger partial charge in [0.15, 0.2) is 0 Å². The van der Waals surface area contributed by atoms with Gasteiger partial charge < -0.3 is 4.42 Å². The third kappa shape index (κ3) is 4.62. The molecule has 0 fully saturated rings. The Morgan fingerprint density at radius 3 is 2.09 bits per heavy atom. The minimum absolute atomic E-state index is 0.0489. The number of rotatable bonds is 7. The number of hydrogen-bond acceptors (Lipinski definition) is 5. The second-order valence-electron chi connectivity index (χ2n) is 6.96. The molecule has 1 heterocycles. The van der Waals surface area contributed by atoms with Crippen LogP contribution < -0.4 is 5.43 Å². The van der Waals surface area contributed by atoms with Gasteiger partial charge in [0.1, 0.15) is 11.5 Å². The van der Waals surface area contributed by atoms with Crippen molar-refractivity contribution in [2.24, 2.45) is 5.10 Å². The van der Waals surface area contributed by atoms with Crippen LogP contribution in [0.4, 0.5) is 5.69 Å². The molecule has 0 aliphatic carbocycles. The van der Waals surface area contributed by atoms with Crippen molar-refractivity contribution in [1.29, 1.82) is 0 Å². The first-order chi connectivity index (χ1) is 15.6. The lowest BCUT2D eigenvalue weighted by molar-refractivity contribution is -0.384. The van der Waals surface area contributed by atoms with E-state index in [9.17, 15) is 14.9 Å². The summed E-state index contributed by atoms with van der Waals surface area (Å²) in [6.07, 6.45) is 1.36. The first-order valence-electron chi connectivity index (χ1n) is 9.90. The second kappa shape index (κ2) is 9.53. The molecule has 0 radical (unpaired) electrons. The number of nitrogens with one attached hydrogen (secondary N) is 1. The van der Waals surface area contributed by atoms with Gasteiger partial charge in [-0.15, -0.1) is 0 Å². The zero-order valence-electron chi connectivity index (χ0n) is 16.9. The standard InChI is InChI=1S/C25H19N3O4/c29-25(24(18-9-3-1-4-10-18)19-11-5-2-6-12-19)27-26-17-20-15-16-23(32-20)21-13-7-8-14-22(21)28(30)31/h1-17,24H,(H,27,29). The number of amides is 1. The molecule has 0 saturated carbocycles. The summed E-state index contributed by atoms with van der Waals surface area (Å²) in [5, 5.41) is 15.3. The van der Waals surface area contributed by atoms with Crippen LogP contribution >= 0.6 is 0 Å². The highest BCUT2D eigenvalue weighted by Gasteiger charge is 2.22. The largest absolute Gasteiger partial charge is 0.455 e. The van der Waals surface area contributed by atoms with Gasteiger partial charge in [0.25, 0.3) is 11.6 Å². The molecule has 0 saturated heterocycles. The summed E-state index contributed by atoms with van der Waals surface area (Å²) >= 11 is 0. The number of benzene rings is 3. The van der Waals surface area contributed by atoms with E-state index in [4.69, 9.17) is 4.42 Å². The molecule has 32 heavy (non-hydrogen) atoms. The molecule has 4 aromatic rings. The van der Waals surface area contributed by atoms with Crippen LogP contribution in [0.15, 0.2) is 107 Å². The Morgan fingerprint density at radius 1 is 0.875 bits per heavy atom. The maximum atomic E-state index is 13.0. The summed E-state index contributed by atoms with van der Waals surface area (Å²) in [6.45, 7) is 0. The van der Waals surface area contributed by atoms with E-state index >= 15 is 0 Å². The molecule has 0 atom stereocenters. The first kappa shape index (κ1) is 20.7. The van der Waals surface area contributed by atoms with Gasteiger partial charge in [-0.25, -0.2) is 5.43 Å². The van der Waals surface area contributed by atoms with E-state index in [2.05, 4.69) is 10.5 Å². The van der Waals surface area contributed by atoms with Gasteiger partial charge >= 0.3 is 0 Å². The molecule has 0 aliphatic rings. The SMILES string of the molecule is O=C(NN=Cc1ccc(-c2ccccc2[N+](=O)[O-])o1)C(c1ccccc1)c1ccccc1. The predicted molar refractivity (Wildman–Crippen MR) is 121 cm³/mol. The maximum absolute atomic E-state index is 13.0. The molecular weight excluding hydrogens is 406 g/mol. The van der Waals surface area contributed by atoms with Crippen molar-refractivity contribution in [3.05, 3.63) is 124 Å². The second-order valence-corrected chi connectivity index (χ2v) is 6.96.